The van der Waals surface area contributed by atoms with Crippen LogP contribution in [0.5, 0.6) is 5.75 Å². The molecule has 0 aliphatic rings. The number of aromatic nitrogens is 4. The van der Waals surface area contributed by atoms with E-state index in [0.29, 0.717) is 18.0 Å². The number of pyridine rings is 1. The van der Waals surface area contributed by atoms with E-state index in [1.165, 1.54) is 0 Å². The second-order valence-corrected chi connectivity index (χ2v) is 8.04. The number of nitrogens with zero attached hydrogens (tertiary/aromatic N) is 4. The van der Waals surface area contributed by atoms with Crippen LogP contribution < -0.4 is 10.1 Å². The molecule has 0 radical (unpaired) electrons. The Labute approximate surface area is 197 Å². The van der Waals surface area contributed by atoms with Crippen LogP contribution >= 0.6 is 0 Å². The normalized spacial score (nSPS) is 11.0. The van der Waals surface area contributed by atoms with E-state index in [1.807, 2.05) is 91.3 Å². The van der Waals surface area contributed by atoms with E-state index in [4.69, 9.17) is 9.72 Å². The quantitative estimate of drug-likeness (QED) is 0.377. The van der Waals surface area contributed by atoms with Crippen LogP contribution in [0, 0.1) is 6.92 Å². The molecule has 0 bridgehead atoms. The summed E-state index contributed by atoms with van der Waals surface area (Å²) < 4.78 is 9.10. The fourth-order valence-electron chi connectivity index (χ4n) is 3.99. The van der Waals surface area contributed by atoms with Crippen LogP contribution in [-0.4, -0.2) is 31.7 Å². The maximum absolute atomic E-state index is 13.2. The van der Waals surface area contributed by atoms with Gasteiger partial charge in [-0.2, -0.15) is 5.10 Å². The molecule has 170 valence electrons. The summed E-state index contributed by atoms with van der Waals surface area (Å²) in [5.41, 5.74) is 6.43. The smallest absolute Gasteiger partial charge is 0.273 e. The number of para-hydroxylation sites is 1. The average molecular weight is 452 g/mol. The fourth-order valence-corrected chi connectivity index (χ4v) is 3.99. The third-order valence-corrected chi connectivity index (χ3v) is 5.70. The molecule has 0 saturated heterocycles. The number of fused-ring (bicyclic) bond motifs is 1. The van der Waals surface area contributed by atoms with Gasteiger partial charge in [-0.25, -0.2) is 4.98 Å². The molecule has 1 N–H and O–H groups in total. The zero-order chi connectivity index (χ0) is 23.7. The van der Waals surface area contributed by atoms with Gasteiger partial charge in [0.05, 0.1) is 23.7 Å². The second kappa shape index (κ2) is 8.86. The van der Waals surface area contributed by atoms with E-state index in [2.05, 4.69) is 10.4 Å². The summed E-state index contributed by atoms with van der Waals surface area (Å²) in [6.07, 6.45) is 3.94. The molecular weight excluding hydrogens is 426 g/mol. The Bertz CT molecular complexity index is 1480. The maximum Gasteiger partial charge on any atom is 0.273 e. The standard InChI is InChI=1S/C27H25N5O2/c1-4-34-20-13-11-19(12-14-20)23-16-25(31(3)30-23)27(33)29-22-10-6-5-9-21(22)24-17-32-15-7-8-18(2)26(32)28-24/h5-17H,4H2,1-3H3,(H,29,33). The molecule has 0 aliphatic carbocycles. The minimum absolute atomic E-state index is 0.236. The van der Waals surface area contributed by atoms with Crippen molar-refractivity contribution in [2.75, 3.05) is 11.9 Å². The molecule has 5 rings (SSSR count). The molecule has 7 heteroatoms. The molecule has 34 heavy (non-hydrogen) atoms. The number of hydrogen-bond donors (Lipinski definition) is 1. The minimum Gasteiger partial charge on any atom is -0.494 e. The highest BCUT2D eigenvalue weighted by Crippen LogP contribution is 2.29. The molecular formula is C27H25N5O2. The molecule has 0 fully saturated rings. The van der Waals surface area contributed by atoms with Gasteiger partial charge >= 0.3 is 0 Å². The average Bonchev–Trinajstić information content (AvgIpc) is 3.45. The van der Waals surface area contributed by atoms with Crippen LogP contribution in [0.1, 0.15) is 23.0 Å². The lowest BCUT2D eigenvalue weighted by Crippen LogP contribution is -2.16. The van der Waals surface area contributed by atoms with Crippen LogP contribution in [0.4, 0.5) is 5.69 Å². The fraction of sp³-hybridized carbons (Fsp3) is 0.148. The zero-order valence-electron chi connectivity index (χ0n) is 19.3. The van der Waals surface area contributed by atoms with Gasteiger partial charge in [-0.3, -0.25) is 9.48 Å². The first-order chi connectivity index (χ1) is 16.5. The number of anilines is 1. The summed E-state index contributed by atoms with van der Waals surface area (Å²) in [5, 5.41) is 7.58. The molecule has 5 aromatic rings. The summed E-state index contributed by atoms with van der Waals surface area (Å²) in [6.45, 7) is 4.60. The van der Waals surface area contributed by atoms with Crippen molar-refractivity contribution in [3.8, 4) is 28.3 Å². The Balaban J connectivity index is 1.43. The van der Waals surface area contributed by atoms with Crippen molar-refractivity contribution in [1.29, 1.82) is 0 Å². The van der Waals surface area contributed by atoms with Crippen molar-refractivity contribution >= 4 is 17.2 Å². The molecule has 3 aromatic heterocycles. The highest BCUT2D eigenvalue weighted by Gasteiger charge is 2.17. The van der Waals surface area contributed by atoms with Crippen molar-refractivity contribution in [3.63, 3.8) is 0 Å². The number of nitrogens with one attached hydrogen (secondary N) is 1. The van der Waals surface area contributed by atoms with Crippen LogP contribution in [0.25, 0.3) is 28.2 Å². The molecule has 7 nitrogen and oxygen atoms in total. The topological polar surface area (TPSA) is 73.4 Å². The van der Waals surface area contributed by atoms with Crippen molar-refractivity contribution in [2.24, 2.45) is 7.05 Å². The minimum atomic E-state index is -0.236. The van der Waals surface area contributed by atoms with Crippen LogP contribution in [-0.2, 0) is 7.05 Å². The van der Waals surface area contributed by atoms with Gasteiger partial charge < -0.3 is 14.5 Å². The van der Waals surface area contributed by atoms with Gasteiger partial charge in [0, 0.05) is 30.6 Å². The summed E-state index contributed by atoms with van der Waals surface area (Å²) in [7, 11) is 1.77. The Morgan fingerprint density at radius 1 is 1.03 bits per heavy atom. The summed E-state index contributed by atoms with van der Waals surface area (Å²) in [5.74, 6) is 0.568. The third-order valence-electron chi connectivity index (χ3n) is 5.70. The predicted octanol–water partition coefficient (Wildman–Crippen LogP) is 5.36. The predicted molar refractivity (Wildman–Crippen MR) is 133 cm³/mol. The maximum atomic E-state index is 13.2. The van der Waals surface area contributed by atoms with Gasteiger partial charge in [0.15, 0.2) is 0 Å². The summed E-state index contributed by atoms with van der Waals surface area (Å²) in [6, 6.07) is 21.2. The number of aryl methyl sites for hydroxylation is 2. The van der Waals surface area contributed by atoms with Crippen molar-refractivity contribution in [3.05, 3.63) is 90.4 Å². The lowest BCUT2D eigenvalue weighted by molar-refractivity contribution is 0.101. The summed E-state index contributed by atoms with van der Waals surface area (Å²) >= 11 is 0. The summed E-state index contributed by atoms with van der Waals surface area (Å²) in [4.78, 5) is 18.0. The van der Waals surface area contributed by atoms with Gasteiger partial charge in [-0.05, 0) is 61.9 Å². The van der Waals surface area contributed by atoms with Gasteiger partial charge in [0.25, 0.3) is 5.91 Å². The lowest BCUT2D eigenvalue weighted by Gasteiger charge is -2.09. The zero-order valence-corrected chi connectivity index (χ0v) is 19.3. The number of ether oxygens (including phenoxy) is 1. The van der Waals surface area contributed by atoms with Crippen molar-refractivity contribution in [2.45, 2.75) is 13.8 Å². The number of imidazole rings is 1. The number of hydrogen-bond acceptors (Lipinski definition) is 4. The SMILES string of the molecule is CCOc1ccc(-c2cc(C(=O)Nc3ccccc3-c3cn4cccc(C)c4n3)n(C)n2)cc1. The first kappa shape index (κ1) is 21.5. The molecule has 0 aliphatic heterocycles. The van der Waals surface area contributed by atoms with Crippen LogP contribution in [0.3, 0.4) is 0 Å². The Morgan fingerprint density at radius 3 is 2.59 bits per heavy atom. The third kappa shape index (κ3) is 4.03. The molecule has 1 amide bonds. The first-order valence-corrected chi connectivity index (χ1v) is 11.2. The number of benzene rings is 2. The Kier molecular flexibility index (Phi) is 5.59. The van der Waals surface area contributed by atoms with Gasteiger partial charge in [-0.15, -0.1) is 0 Å². The molecule has 0 saturated carbocycles. The highest BCUT2D eigenvalue weighted by molar-refractivity contribution is 6.05. The van der Waals surface area contributed by atoms with E-state index in [-0.39, 0.29) is 5.91 Å². The number of amides is 1. The first-order valence-electron chi connectivity index (χ1n) is 11.2. The van der Waals surface area contributed by atoms with E-state index in [9.17, 15) is 4.79 Å². The van der Waals surface area contributed by atoms with Gasteiger partial charge in [0.1, 0.15) is 17.1 Å². The van der Waals surface area contributed by atoms with Gasteiger partial charge in [-0.1, -0.05) is 24.3 Å². The molecule has 3 heterocycles. The van der Waals surface area contributed by atoms with E-state index in [1.54, 1.807) is 17.8 Å². The van der Waals surface area contributed by atoms with E-state index >= 15 is 0 Å². The van der Waals surface area contributed by atoms with Crippen molar-refractivity contribution < 1.29 is 9.53 Å². The molecule has 0 atom stereocenters. The van der Waals surface area contributed by atoms with E-state index < -0.39 is 0 Å². The Morgan fingerprint density at radius 2 is 1.82 bits per heavy atom. The van der Waals surface area contributed by atoms with E-state index in [0.717, 1.165) is 39.5 Å². The highest BCUT2D eigenvalue weighted by atomic mass is 16.5. The van der Waals surface area contributed by atoms with Gasteiger partial charge in [0.2, 0.25) is 0 Å². The Hall–Kier alpha value is -4.39. The molecule has 0 unspecified atom stereocenters. The molecule has 0 spiro atoms. The largest absolute Gasteiger partial charge is 0.494 e. The number of rotatable bonds is 6. The number of carbonyl (C=O) groups excluding carboxylic acids is 1. The second-order valence-electron chi connectivity index (χ2n) is 8.04. The monoisotopic (exact) mass is 451 g/mol. The number of carbonyl (C=O) groups is 1. The molecule has 2 aromatic carbocycles. The van der Waals surface area contributed by atoms with Crippen molar-refractivity contribution in [1.82, 2.24) is 19.2 Å². The van der Waals surface area contributed by atoms with Crippen LogP contribution in [0.15, 0.2) is 79.1 Å². The van der Waals surface area contributed by atoms with Crippen LogP contribution in [0.2, 0.25) is 0 Å². The lowest BCUT2D eigenvalue weighted by atomic mass is 10.1.